The Bertz CT molecular complexity index is 1250. The molecule has 0 aliphatic heterocycles. The summed E-state index contributed by atoms with van der Waals surface area (Å²) in [6, 6.07) is 20.9. The van der Waals surface area contributed by atoms with Gasteiger partial charge in [-0.15, -0.1) is 11.3 Å². The van der Waals surface area contributed by atoms with Gasteiger partial charge in [0.05, 0.1) is 25.5 Å². The van der Waals surface area contributed by atoms with Gasteiger partial charge >= 0.3 is 0 Å². The van der Waals surface area contributed by atoms with Crippen LogP contribution in [0.1, 0.15) is 21.6 Å². The number of aromatic nitrogens is 1. The fourth-order valence-corrected chi connectivity index (χ4v) is 4.02. The van der Waals surface area contributed by atoms with E-state index in [1.54, 1.807) is 43.9 Å². The summed E-state index contributed by atoms with van der Waals surface area (Å²) in [5, 5.41) is 2.01. The Balaban J connectivity index is 1.51. The van der Waals surface area contributed by atoms with Crippen LogP contribution >= 0.6 is 11.3 Å². The average Bonchev–Trinajstić information content (AvgIpc) is 3.41. The summed E-state index contributed by atoms with van der Waals surface area (Å²) in [5.41, 5.74) is 3.15. The lowest BCUT2D eigenvalue weighted by molar-refractivity contribution is 0.104. The van der Waals surface area contributed by atoms with Gasteiger partial charge in [-0.2, -0.15) is 0 Å². The van der Waals surface area contributed by atoms with Gasteiger partial charge in [-0.05, 0) is 71.1 Å². The van der Waals surface area contributed by atoms with Gasteiger partial charge in [0, 0.05) is 11.1 Å². The largest absolute Gasteiger partial charge is 0.496 e. The predicted molar refractivity (Wildman–Crippen MR) is 131 cm³/mol. The van der Waals surface area contributed by atoms with Crippen molar-refractivity contribution in [3.63, 3.8) is 0 Å². The number of ketones is 1. The molecule has 4 rings (SSSR count). The van der Waals surface area contributed by atoms with E-state index in [4.69, 9.17) is 14.2 Å². The van der Waals surface area contributed by atoms with Crippen LogP contribution in [-0.2, 0) is 6.61 Å². The Hall–Kier alpha value is -3.90. The number of methoxy groups -OCH3 is 2. The standard InChI is InChI=1S/C27H23NO4S/c1-30-24-13-10-20(27-7-5-15-33-27)17-22(24)23(29)11-8-19-9-12-25(26(16-19)31-2)32-18-21-6-3-4-14-28-21/h3-17H,18H2,1-2H3. The van der Waals surface area contributed by atoms with E-state index >= 15 is 0 Å². The molecule has 2 aromatic heterocycles. The van der Waals surface area contributed by atoms with E-state index in [9.17, 15) is 4.79 Å². The van der Waals surface area contributed by atoms with Gasteiger partial charge in [0.25, 0.3) is 0 Å². The molecule has 0 fully saturated rings. The molecule has 0 aliphatic rings. The molecule has 0 amide bonds. The van der Waals surface area contributed by atoms with Crippen molar-refractivity contribution in [2.75, 3.05) is 14.2 Å². The van der Waals surface area contributed by atoms with Crippen LogP contribution in [0.25, 0.3) is 16.5 Å². The number of rotatable bonds is 9. The fraction of sp³-hybridized carbons (Fsp3) is 0.111. The van der Waals surface area contributed by atoms with Crippen molar-refractivity contribution in [3.8, 4) is 27.7 Å². The summed E-state index contributed by atoms with van der Waals surface area (Å²) in [6.45, 7) is 0.339. The summed E-state index contributed by atoms with van der Waals surface area (Å²) >= 11 is 1.63. The van der Waals surface area contributed by atoms with Crippen molar-refractivity contribution in [3.05, 3.63) is 101 Å². The number of hydrogen-bond donors (Lipinski definition) is 0. The van der Waals surface area contributed by atoms with Crippen LogP contribution in [0.3, 0.4) is 0 Å². The minimum Gasteiger partial charge on any atom is -0.496 e. The minimum absolute atomic E-state index is 0.139. The highest BCUT2D eigenvalue weighted by atomic mass is 32.1. The first-order valence-corrected chi connectivity index (χ1v) is 11.2. The molecule has 0 saturated carbocycles. The maximum Gasteiger partial charge on any atom is 0.189 e. The number of allylic oxidation sites excluding steroid dienone is 1. The minimum atomic E-state index is -0.139. The highest BCUT2D eigenvalue weighted by Gasteiger charge is 2.12. The number of hydrogen-bond acceptors (Lipinski definition) is 6. The quantitative estimate of drug-likeness (QED) is 0.218. The smallest absolute Gasteiger partial charge is 0.189 e. The van der Waals surface area contributed by atoms with Crippen LogP contribution < -0.4 is 14.2 Å². The monoisotopic (exact) mass is 457 g/mol. The topological polar surface area (TPSA) is 57.7 Å². The molecule has 4 aromatic rings. The van der Waals surface area contributed by atoms with E-state index < -0.39 is 0 Å². The van der Waals surface area contributed by atoms with Crippen LogP contribution in [0.4, 0.5) is 0 Å². The Morgan fingerprint density at radius 1 is 0.939 bits per heavy atom. The first kappa shape index (κ1) is 22.3. The molecule has 0 spiro atoms. The summed E-state index contributed by atoms with van der Waals surface area (Å²) in [4.78, 5) is 18.3. The highest BCUT2D eigenvalue weighted by molar-refractivity contribution is 7.13. The van der Waals surface area contributed by atoms with Gasteiger partial charge < -0.3 is 14.2 Å². The second-order valence-electron chi connectivity index (χ2n) is 7.11. The average molecular weight is 458 g/mol. The van der Waals surface area contributed by atoms with Crippen molar-refractivity contribution in [2.45, 2.75) is 6.61 Å². The molecule has 0 aliphatic carbocycles. The van der Waals surface area contributed by atoms with Crippen LogP contribution in [0.15, 0.2) is 84.4 Å². The molecular weight excluding hydrogens is 434 g/mol. The number of thiophene rings is 1. The molecule has 0 bridgehead atoms. The molecule has 0 unspecified atom stereocenters. The van der Waals surface area contributed by atoms with E-state index in [1.807, 2.05) is 72.1 Å². The molecule has 6 heteroatoms. The molecule has 0 saturated heterocycles. The van der Waals surface area contributed by atoms with Crippen molar-refractivity contribution < 1.29 is 19.0 Å². The van der Waals surface area contributed by atoms with Gasteiger partial charge in [0.15, 0.2) is 17.3 Å². The Labute approximate surface area is 196 Å². The second-order valence-corrected chi connectivity index (χ2v) is 8.06. The lowest BCUT2D eigenvalue weighted by Crippen LogP contribution is -2.00. The summed E-state index contributed by atoms with van der Waals surface area (Å²) in [5.74, 6) is 1.59. The van der Waals surface area contributed by atoms with Gasteiger partial charge in [0.2, 0.25) is 0 Å². The SMILES string of the molecule is COc1cc(C=CC(=O)c2cc(-c3cccs3)ccc2OC)ccc1OCc1ccccn1. The molecule has 5 nitrogen and oxygen atoms in total. The van der Waals surface area contributed by atoms with E-state index in [1.165, 1.54) is 0 Å². The number of benzene rings is 2. The highest BCUT2D eigenvalue weighted by Crippen LogP contribution is 2.31. The molecule has 0 atom stereocenters. The maximum absolute atomic E-state index is 13.0. The van der Waals surface area contributed by atoms with Gasteiger partial charge in [-0.25, -0.2) is 0 Å². The van der Waals surface area contributed by atoms with Crippen molar-refractivity contribution >= 4 is 23.2 Å². The van der Waals surface area contributed by atoms with Crippen molar-refractivity contribution in [2.24, 2.45) is 0 Å². The van der Waals surface area contributed by atoms with E-state index in [0.717, 1.165) is 21.7 Å². The first-order valence-electron chi connectivity index (χ1n) is 10.3. The normalized spacial score (nSPS) is 10.8. The summed E-state index contributed by atoms with van der Waals surface area (Å²) in [6.07, 6.45) is 5.02. The lowest BCUT2D eigenvalue weighted by atomic mass is 10.0. The van der Waals surface area contributed by atoms with Crippen LogP contribution in [0.5, 0.6) is 17.2 Å². The molecule has 33 heavy (non-hydrogen) atoms. The zero-order valence-electron chi connectivity index (χ0n) is 18.4. The van der Waals surface area contributed by atoms with Gasteiger partial charge in [-0.3, -0.25) is 9.78 Å². The fourth-order valence-electron chi connectivity index (χ4n) is 3.30. The zero-order valence-corrected chi connectivity index (χ0v) is 19.2. The summed E-state index contributed by atoms with van der Waals surface area (Å²) < 4.78 is 16.7. The predicted octanol–water partition coefficient (Wildman–Crippen LogP) is 6.30. The Morgan fingerprint density at radius 2 is 1.79 bits per heavy atom. The third-order valence-corrected chi connectivity index (χ3v) is 5.91. The molecule has 0 radical (unpaired) electrons. The van der Waals surface area contributed by atoms with Crippen LogP contribution in [0, 0.1) is 0 Å². The molecule has 2 heterocycles. The molecule has 2 aromatic carbocycles. The van der Waals surface area contributed by atoms with E-state index in [2.05, 4.69) is 4.98 Å². The van der Waals surface area contributed by atoms with E-state index in [-0.39, 0.29) is 5.78 Å². The van der Waals surface area contributed by atoms with E-state index in [0.29, 0.717) is 29.4 Å². The Kier molecular flexibility index (Phi) is 7.17. The maximum atomic E-state index is 13.0. The molecular formula is C27H23NO4S. The molecule has 166 valence electrons. The number of nitrogens with zero attached hydrogens (tertiary/aromatic N) is 1. The second kappa shape index (κ2) is 10.6. The van der Waals surface area contributed by atoms with Gasteiger partial charge in [-0.1, -0.05) is 24.3 Å². The number of pyridine rings is 1. The first-order chi connectivity index (χ1) is 16.2. The molecule has 0 N–H and O–H groups in total. The van der Waals surface area contributed by atoms with Crippen molar-refractivity contribution in [1.82, 2.24) is 4.98 Å². The van der Waals surface area contributed by atoms with Crippen LogP contribution in [0.2, 0.25) is 0 Å². The Morgan fingerprint density at radius 3 is 2.52 bits per heavy atom. The number of carbonyl (C=O) groups excluding carboxylic acids is 1. The van der Waals surface area contributed by atoms with Crippen molar-refractivity contribution in [1.29, 1.82) is 0 Å². The number of carbonyl (C=O) groups is 1. The third kappa shape index (κ3) is 5.48. The van der Waals surface area contributed by atoms with Gasteiger partial charge in [0.1, 0.15) is 12.4 Å². The zero-order chi connectivity index (χ0) is 23.0. The number of ether oxygens (including phenoxy) is 3. The van der Waals surface area contributed by atoms with Crippen LogP contribution in [-0.4, -0.2) is 25.0 Å². The third-order valence-electron chi connectivity index (χ3n) is 4.99. The summed E-state index contributed by atoms with van der Waals surface area (Å²) in [7, 11) is 3.15. The lowest BCUT2D eigenvalue weighted by Gasteiger charge is -2.11.